The summed E-state index contributed by atoms with van der Waals surface area (Å²) in [7, 11) is 0. The van der Waals surface area contributed by atoms with E-state index in [1.807, 2.05) is 0 Å². The molecule has 0 aliphatic carbocycles. The Kier molecular flexibility index (Phi) is 3.80. The first-order valence-electron chi connectivity index (χ1n) is 5.30. The molecule has 0 saturated carbocycles. The minimum atomic E-state index is -0.327. The Bertz CT molecular complexity index is 355. The number of hydrogen-bond acceptors (Lipinski definition) is 3. The SMILES string of the molecule is O=C(OCC1CCCO1)c1ccc(Cl)cc1. The summed E-state index contributed by atoms with van der Waals surface area (Å²) < 4.78 is 10.5. The second kappa shape index (κ2) is 5.32. The van der Waals surface area contributed by atoms with Gasteiger partial charge in [0.25, 0.3) is 0 Å². The van der Waals surface area contributed by atoms with Gasteiger partial charge in [-0.2, -0.15) is 0 Å². The lowest BCUT2D eigenvalue weighted by Crippen LogP contribution is -2.17. The van der Waals surface area contributed by atoms with Crippen molar-refractivity contribution in [2.24, 2.45) is 0 Å². The molecule has 1 aromatic carbocycles. The Hall–Kier alpha value is -1.06. The van der Waals surface area contributed by atoms with Gasteiger partial charge in [-0.25, -0.2) is 4.79 Å². The topological polar surface area (TPSA) is 35.5 Å². The van der Waals surface area contributed by atoms with Crippen molar-refractivity contribution < 1.29 is 14.3 Å². The molecule has 1 fully saturated rings. The molecule has 0 N–H and O–H groups in total. The van der Waals surface area contributed by atoms with Gasteiger partial charge < -0.3 is 9.47 Å². The number of halogens is 1. The van der Waals surface area contributed by atoms with Crippen LogP contribution in [0.25, 0.3) is 0 Å². The second-order valence-corrected chi connectivity index (χ2v) is 4.18. The number of ether oxygens (including phenoxy) is 2. The van der Waals surface area contributed by atoms with E-state index in [2.05, 4.69) is 0 Å². The van der Waals surface area contributed by atoms with Gasteiger partial charge in [-0.3, -0.25) is 0 Å². The third kappa shape index (κ3) is 2.97. The van der Waals surface area contributed by atoms with Gasteiger partial charge in [0.15, 0.2) is 0 Å². The minimum absolute atomic E-state index is 0.0660. The van der Waals surface area contributed by atoms with Gasteiger partial charge in [0.1, 0.15) is 6.61 Å². The molecule has 0 bridgehead atoms. The molecule has 2 rings (SSSR count). The number of esters is 1. The van der Waals surface area contributed by atoms with Crippen LogP contribution in [0.3, 0.4) is 0 Å². The van der Waals surface area contributed by atoms with E-state index in [4.69, 9.17) is 21.1 Å². The van der Waals surface area contributed by atoms with Crippen molar-refractivity contribution in [3.05, 3.63) is 34.9 Å². The van der Waals surface area contributed by atoms with E-state index in [-0.39, 0.29) is 12.1 Å². The first-order chi connectivity index (χ1) is 7.75. The standard InChI is InChI=1S/C12H13ClO3/c13-10-5-3-9(4-6-10)12(14)16-8-11-2-1-7-15-11/h3-6,11H,1-2,7-8H2. The Morgan fingerprint density at radius 3 is 2.81 bits per heavy atom. The lowest BCUT2D eigenvalue weighted by Gasteiger charge is -2.09. The van der Waals surface area contributed by atoms with E-state index in [0.717, 1.165) is 19.4 Å². The summed E-state index contributed by atoms with van der Waals surface area (Å²) in [6.45, 7) is 1.10. The van der Waals surface area contributed by atoms with E-state index in [0.29, 0.717) is 17.2 Å². The molecule has 3 nitrogen and oxygen atoms in total. The summed E-state index contributed by atoms with van der Waals surface area (Å²) in [4.78, 5) is 11.6. The van der Waals surface area contributed by atoms with Crippen LogP contribution in [0.1, 0.15) is 23.2 Å². The Morgan fingerprint density at radius 1 is 1.44 bits per heavy atom. The lowest BCUT2D eigenvalue weighted by atomic mass is 10.2. The van der Waals surface area contributed by atoms with Crippen LogP contribution in [-0.2, 0) is 9.47 Å². The van der Waals surface area contributed by atoms with Crippen LogP contribution < -0.4 is 0 Å². The van der Waals surface area contributed by atoms with Crippen LogP contribution in [0.15, 0.2) is 24.3 Å². The molecule has 1 aromatic rings. The Balaban J connectivity index is 1.85. The van der Waals surface area contributed by atoms with Crippen LogP contribution in [0.4, 0.5) is 0 Å². The average Bonchev–Trinajstić information content (AvgIpc) is 2.80. The fourth-order valence-electron chi connectivity index (χ4n) is 1.61. The van der Waals surface area contributed by atoms with E-state index < -0.39 is 0 Å². The molecule has 0 aromatic heterocycles. The highest BCUT2D eigenvalue weighted by Crippen LogP contribution is 2.14. The van der Waals surface area contributed by atoms with Gasteiger partial charge in [0, 0.05) is 11.6 Å². The van der Waals surface area contributed by atoms with Crippen molar-refractivity contribution in [2.75, 3.05) is 13.2 Å². The van der Waals surface area contributed by atoms with E-state index in [1.54, 1.807) is 24.3 Å². The summed E-state index contributed by atoms with van der Waals surface area (Å²) in [5.41, 5.74) is 0.516. The predicted octanol–water partition coefficient (Wildman–Crippen LogP) is 2.68. The number of benzene rings is 1. The number of carbonyl (C=O) groups excluding carboxylic acids is 1. The Morgan fingerprint density at radius 2 is 2.19 bits per heavy atom. The zero-order valence-corrected chi connectivity index (χ0v) is 9.57. The maximum absolute atomic E-state index is 11.6. The first-order valence-corrected chi connectivity index (χ1v) is 5.68. The lowest BCUT2D eigenvalue weighted by molar-refractivity contribution is 0.0161. The quantitative estimate of drug-likeness (QED) is 0.762. The summed E-state index contributed by atoms with van der Waals surface area (Å²) in [6, 6.07) is 6.65. The summed E-state index contributed by atoms with van der Waals surface area (Å²) >= 11 is 5.72. The van der Waals surface area contributed by atoms with Crippen molar-refractivity contribution in [1.82, 2.24) is 0 Å². The van der Waals surface area contributed by atoms with Gasteiger partial charge in [0.2, 0.25) is 0 Å². The zero-order chi connectivity index (χ0) is 11.4. The molecule has 1 saturated heterocycles. The molecule has 4 heteroatoms. The normalized spacial score (nSPS) is 19.7. The molecule has 0 spiro atoms. The minimum Gasteiger partial charge on any atom is -0.459 e. The van der Waals surface area contributed by atoms with Gasteiger partial charge in [-0.15, -0.1) is 0 Å². The highest BCUT2D eigenvalue weighted by Gasteiger charge is 2.17. The maximum atomic E-state index is 11.6. The maximum Gasteiger partial charge on any atom is 0.338 e. The molecule has 0 radical (unpaired) electrons. The fourth-order valence-corrected chi connectivity index (χ4v) is 1.74. The van der Waals surface area contributed by atoms with Crippen molar-refractivity contribution in [3.63, 3.8) is 0 Å². The number of rotatable bonds is 3. The van der Waals surface area contributed by atoms with E-state index >= 15 is 0 Å². The van der Waals surface area contributed by atoms with Gasteiger partial charge in [-0.05, 0) is 37.1 Å². The molecule has 1 aliphatic rings. The van der Waals surface area contributed by atoms with Crippen LogP contribution in [0, 0.1) is 0 Å². The summed E-state index contributed by atoms with van der Waals surface area (Å²) in [5.74, 6) is -0.327. The third-order valence-electron chi connectivity index (χ3n) is 2.50. The molecule has 1 aliphatic heterocycles. The Labute approximate surface area is 99.3 Å². The van der Waals surface area contributed by atoms with Crippen LogP contribution in [0.2, 0.25) is 5.02 Å². The van der Waals surface area contributed by atoms with Gasteiger partial charge in [-0.1, -0.05) is 11.6 Å². The molecule has 1 heterocycles. The van der Waals surface area contributed by atoms with Crippen LogP contribution >= 0.6 is 11.6 Å². The van der Waals surface area contributed by atoms with Gasteiger partial charge >= 0.3 is 5.97 Å². The van der Waals surface area contributed by atoms with E-state index in [9.17, 15) is 4.79 Å². The second-order valence-electron chi connectivity index (χ2n) is 3.74. The van der Waals surface area contributed by atoms with Crippen molar-refractivity contribution in [3.8, 4) is 0 Å². The zero-order valence-electron chi connectivity index (χ0n) is 8.82. The summed E-state index contributed by atoms with van der Waals surface area (Å²) in [5, 5.41) is 0.607. The molecule has 1 atom stereocenters. The van der Waals surface area contributed by atoms with Crippen LogP contribution in [-0.4, -0.2) is 25.3 Å². The molecule has 1 unspecified atom stereocenters. The highest BCUT2D eigenvalue weighted by atomic mass is 35.5. The van der Waals surface area contributed by atoms with Crippen LogP contribution in [0.5, 0.6) is 0 Å². The molecule has 0 amide bonds. The van der Waals surface area contributed by atoms with Gasteiger partial charge in [0.05, 0.1) is 11.7 Å². The molecule has 86 valence electrons. The summed E-state index contributed by atoms with van der Waals surface area (Å²) in [6.07, 6.45) is 2.08. The number of carbonyl (C=O) groups is 1. The smallest absolute Gasteiger partial charge is 0.338 e. The first kappa shape index (κ1) is 11.4. The average molecular weight is 241 g/mol. The van der Waals surface area contributed by atoms with Crippen molar-refractivity contribution in [1.29, 1.82) is 0 Å². The number of hydrogen-bond donors (Lipinski definition) is 0. The fraction of sp³-hybridized carbons (Fsp3) is 0.417. The van der Waals surface area contributed by atoms with Crippen molar-refractivity contribution >= 4 is 17.6 Å². The highest BCUT2D eigenvalue weighted by molar-refractivity contribution is 6.30. The molecule has 16 heavy (non-hydrogen) atoms. The monoisotopic (exact) mass is 240 g/mol. The molecular weight excluding hydrogens is 228 g/mol. The largest absolute Gasteiger partial charge is 0.459 e. The van der Waals surface area contributed by atoms with Crippen molar-refractivity contribution in [2.45, 2.75) is 18.9 Å². The predicted molar refractivity (Wildman–Crippen MR) is 60.7 cm³/mol. The van der Waals surface area contributed by atoms with E-state index in [1.165, 1.54) is 0 Å². The third-order valence-corrected chi connectivity index (χ3v) is 2.76. The molecular formula is C12H13ClO3.